The molecule has 1 unspecified atom stereocenters. The molecule has 0 aliphatic heterocycles. The molecule has 0 spiro atoms. The number of nitriles is 1. The first-order chi connectivity index (χ1) is 10.5. The molecule has 2 aliphatic rings. The normalized spacial score (nSPS) is 29.5. The highest BCUT2D eigenvalue weighted by Crippen LogP contribution is 2.37. The SMILES string of the molecule is C[C@@H]1CCC(Nc2nc(NC3(C)CC3)ncc2C#N)C[C@H]1O. The van der Waals surface area contributed by atoms with Crippen molar-refractivity contribution < 1.29 is 5.11 Å². The van der Waals surface area contributed by atoms with Crippen molar-refractivity contribution in [2.24, 2.45) is 5.92 Å². The van der Waals surface area contributed by atoms with Crippen LogP contribution < -0.4 is 10.6 Å². The number of hydrogen-bond donors (Lipinski definition) is 3. The molecule has 0 amide bonds. The molecule has 1 aromatic heterocycles. The van der Waals surface area contributed by atoms with E-state index in [-0.39, 0.29) is 17.7 Å². The summed E-state index contributed by atoms with van der Waals surface area (Å²) in [5, 5.41) is 25.9. The second-order valence-electron chi connectivity index (χ2n) is 6.95. The summed E-state index contributed by atoms with van der Waals surface area (Å²) in [7, 11) is 0. The zero-order valence-electron chi connectivity index (χ0n) is 13.1. The molecule has 0 bridgehead atoms. The van der Waals surface area contributed by atoms with E-state index >= 15 is 0 Å². The molecule has 6 heteroatoms. The van der Waals surface area contributed by atoms with E-state index < -0.39 is 0 Å². The molecule has 6 nitrogen and oxygen atoms in total. The topological polar surface area (TPSA) is 93.9 Å². The van der Waals surface area contributed by atoms with Crippen molar-refractivity contribution in [3.8, 4) is 6.07 Å². The van der Waals surface area contributed by atoms with Gasteiger partial charge in [-0.1, -0.05) is 6.92 Å². The predicted octanol–water partition coefficient (Wildman–Crippen LogP) is 2.27. The van der Waals surface area contributed by atoms with Gasteiger partial charge in [0.25, 0.3) is 0 Å². The highest BCUT2D eigenvalue weighted by Gasteiger charge is 2.38. The van der Waals surface area contributed by atoms with Gasteiger partial charge in [-0.3, -0.25) is 0 Å². The molecule has 0 saturated heterocycles. The maximum atomic E-state index is 10.0. The van der Waals surface area contributed by atoms with Crippen LogP contribution in [-0.4, -0.2) is 32.8 Å². The Morgan fingerprint density at radius 3 is 2.82 bits per heavy atom. The molecule has 0 aromatic carbocycles. The van der Waals surface area contributed by atoms with Crippen LogP contribution in [-0.2, 0) is 0 Å². The monoisotopic (exact) mass is 301 g/mol. The lowest BCUT2D eigenvalue weighted by atomic mass is 9.85. The van der Waals surface area contributed by atoms with E-state index in [0.717, 1.165) is 25.7 Å². The average molecular weight is 301 g/mol. The van der Waals surface area contributed by atoms with Gasteiger partial charge >= 0.3 is 0 Å². The van der Waals surface area contributed by atoms with Crippen LogP contribution in [0.2, 0.25) is 0 Å². The molecule has 2 fully saturated rings. The second kappa shape index (κ2) is 5.73. The van der Waals surface area contributed by atoms with Gasteiger partial charge in [0, 0.05) is 11.6 Å². The quantitative estimate of drug-likeness (QED) is 0.790. The largest absolute Gasteiger partial charge is 0.393 e. The Labute approximate surface area is 131 Å². The summed E-state index contributed by atoms with van der Waals surface area (Å²) in [6.07, 6.45) is 6.16. The summed E-state index contributed by atoms with van der Waals surface area (Å²) < 4.78 is 0. The number of anilines is 2. The number of nitrogens with one attached hydrogen (secondary N) is 2. The van der Waals surface area contributed by atoms with E-state index in [2.05, 4.69) is 40.5 Å². The summed E-state index contributed by atoms with van der Waals surface area (Å²) in [6, 6.07) is 2.28. The molecule has 3 N–H and O–H groups in total. The van der Waals surface area contributed by atoms with Crippen molar-refractivity contribution in [3.05, 3.63) is 11.8 Å². The van der Waals surface area contributed by atoms with Crippen molar-refractivity contribution in [3.63, 3.8) is 0 Å². The Bertz CT molecular complexity index is 593. The van der Waals surface area contributed by atoms with Gasteiger partial charge in [-0.15, -0.1) is 0 Å². The summed E-state index contributed by atoms with van der Waals surface area (Å²) in [6.45, 7) is 4.21. The molecular formula is C16H23N5O. The third-order valence-electron chi connectivity index (χ3n) is 4.82. The molecule has 118 valence electrons. The molecule has 22 heavy (non-hydrogen) atoms. The molecule has 2 aliphatic carbocycles. The minimum absolute atomic E-state index is 0.0991. The van der Waals surface area contributed by atoms with Crippen LogP contribution in [0.1, 0.15) is 51.5 Å². The smallest absolute Gasteiger partial charge is 0.225 e. The zero-order chi connectivity index (χ0) is 15.7. The highest BCUT2D eigenvalue weighted by molar-refractivity contribution is 5.54. The van der Waals surface area contributed by atoms with Crippen molar-refractivity contribution in [2.75, 3.05) is 10.6 Å². The molecule has 1 heterocycles. The van der Waals surface area contributed by atoms with Gasteiger partial charge in [0.2, 0.25) is 5.95 Å². The van der Waals surface area contributed by atoms with Crippen LogP contribution >= 0.6 is 0 Å². The summed E-state index contributed by atoms with van der Waals surface area (Å²) in [4.78, 5) is 8.69. The minimum Gasteiger partial charge on any atom is -0.393 e. The Morgan fingerprint density at radius 1 is 1.41 bits per heavy atom. The van der Waals surface area contributed by atoms with Crippen molar-refractivity contribution in [1.82, 2.24) is 9.97 Å². The van der Waals surface area contributed by atoms with Crippen LogP contribution in [0.3, 0.4) is 0 Å². The van der Waals surface area contributed by atoms with Crippen LogP contribution in [0.4, 0.5) is 11.8 Å². The van der Waals surface area contributed by atoms with Crippen molar-refractivity contribution in [2.45, 2.75) is 63.6 Å². The van der Waals surface area contributed by atoms with Crippen LogP contribution in [0, 0.1) is 17.2 Å². The Balaban J connectivity index is 1.73. The van der Waals surface area contributed by atoms with E-state index in [4.69, 9.17) is 0 Å². The van der Waals surface area contributed by atoms with E-state index in [9.17, 15) is 10.4 Å². The third kappa shape index (κ3) is 3.30. The number of aromatic nitrogens is 2. The van der Waals surface area contributed by atoms with Crippen LogP contribution in [0.5, 0.6) is 0 Å². The van der Waals surface area contributed by atoms with Crippen molar-refractivity contribution >= 4 is 11.8 Å². The maximum absolute atomic E-state index is 10.0. The second-order valence-corrected chi connectivity index (χ2v) is 6.95. The molecular weight excluding hydrogens is 278 g/mol. The fourth-order valence-corrected chi connectivity index (χ4v) is 2.84. The van der Waals surface area contributed by atoms with Crippen molar-refractivity contribution in [1.29, 1.82) is 5.26 Å². The number of aliphatic hydroxyl groups is 1. The summed E-state index contributed by atoms with van der Waals surface area (Å²) >= 11 is 0. The first-order valence-electron chi connectivity index (χ1n) is 7.99. The molecule has 3 rings (SSSR count). The van der Waals surface area contributed by atoms with Crippen LogP contribution in [0.25, 0.3) is 0 Å². The Morgan fingerprint density at radius 2 is 2.18 bits per heavy atom. The van der Waals surface area contributed by atoms with Gasteiger partial charge in [-0.2, -0.15) is 10.2 Å². The fraction of sp³-hybridized carbons (Fsp3) is 0.688. The van der Waals surface area contributed by atoms with E-state index in [1.54, 1.807) is 6.20 Å². The zero-order valence-corrected chi connectivity index (χ0v) is 13.1. The first kappa shape index (κ1) is 15.0. The predicted molar refractivity (Wildman–Crippen MR) is 84.4 cm³/mol. The standard InChI is InChI=1S/C16H23N5O/c1-10-3-4-12(7-13(10)22)19-14-11(8-17)9-18-15(20-14)21-16(2)5-6-16/h9-10,12-13,22H,3-7H2,1-2H3,(H2,18,19,20,21)/t10-,12?,13-/m1/s1. The van der Waals surface area contributed by atoms with Gasteiger partial charge in [-0.25, -0.2) is 4.98 Å². The fourth-order valence-electron chi connectivity index (χ4n) is 2.84. The van der Waals surface area contributed by atoms with Gasteiger partial charge < -0.3 is 15.7 Å². The molecule has 2 saturated carbocycles. The average Bonchev–Trinajstić information content (AvgIpc) is 3.20. The molecule has 1 aromatic rings. The van der Waals surface area contributed by atoms with E-state index in [1.807, 2.05) is 0 Å². The first-order valence-corrected chi connectivity index (χ1v) is 7.99. The highest BCUT2D eigenvalue weighted by atomic mass is 16.3. The van der Waals surface area contributed by atoms with Crippen LogP contribution in [0.15, 0.2) is 6.20 Å². The maximum Gasteiger partial charge on any atom is 0.225 e. The molecule has 3 atom stereocenters. The van der Waals surface area contributed by atoms with Gasteiger partial charge in [0.05, 0.1) is 12.3 Å². The number of rotatable bonds is 4. The lowest BCUT2D eigenvalue weighted by Gasteiger charge is -2.31. The minimum atomic E-state index is -0.290. The van der Waals surface area contributed by atoms with E-state index in [0.29, 0.717) is 29.7 Å². The molecule has 0 radical (unpaired) electrons. The summed E-state index contributed by atoms with van der Waals surface area (Å²) in [5.41, 5.74) is 0.543. The number of aliphatic hydroxyl groups excluding tert-OH is 1. The number of nitrogens with zero attached hydrogens (tertiary/aromatic N) is 3. The Hall–Kier alpha value is -1.87. The van der Waals surface area contributed by atoms with Gasteiger partial charge in [-0.05, 0) is 44.9 Å². The third-order valence-corrected chi connectivity index (χ3v) is 4.82. The number of hydrogen-bond acceptors (Lipinski definition) is 6. The Kier molecular flexibility index (Phi) is 3.92. The van der Waals surface area contributed by atoms with Gasteiger partial charge in [0.1, 0.15) is 17.5 Å². The lowest BCUT2D eigenvalue weighted by molar-refractivity contribution is 0.0739. The van der Waals surface area contributed by atoms with E-state index in [1.165, 1.54) is 0 Å². The van der Waals surface area contributed by atoms with Gasteiger partial charge in [0.15, 0.2) is 0 Å². The lowest BCUT2D eigenvalue weighted by Crippen LogP contribution is -2.35. The summed E-state index contributed by atoms with van der Waals surface area (Å²) in [5.74, 6) is 1.47.